The summed E-state index contributed by atoms with van der Waals surface area (Å²) >= 11 is 0. The van der Waals surface area contributed by atoms with E-state index < -0.39 is 0 Å². The van der Waals surface area contributed by atoms with Gasteiger partial charge in [0.1, 0.15) is 36.2 Å². The van der Waals surface area contributed by atoms with Crippen LogP contribution in [-0.2, 0) is 20.7 Å². The summed E-state index contributed by atoms with van der Waals surface area (Å²) in [5, 5.41) is 4.59. The molecule has 0 saturated carbocycles. The first-order chi connectivity index (χ1) is 20.7. The van der Waals surface area contributed by atoms with Gasteiger partial charge < -0.3 is 19.0 Å². The molecule has 2 unspecified atom stereocenters. The van der Waals surface area contributed by atoms with Crippen molar-refractivity contribution in [3.8, 4) is 5.75 Å². The highest BCUT2D eigenvalue weighted by Crippen LogP contribution is 2.36. The Kier molecular flexibility index (Phi) is 9.06. The predicted molar refractivity (Wildman–Crippen MR) is 165 cm³/mol. The molecule has 0 spiro atoms. The Morgan fingerprint density at radius 1 is 1.00 bits per heavy atom. The zero-order valence-electron chi connectivity index (χ0n) is 24.7. The molecule has 0 radical (unpaired) electrons. The third-order valence-corrected chi connectivity index (χ3v) is 8.49. The lowest BCUT2D eigenvalue weighted by molar-refractivity contribution is 0.00454. The molecule has 220 valence electrons. The molecule has 1 aliphatic carbocycles. The minimum atomic E-state index is -0.0133. The number of rotatable bonds is 10. The van der Waals surface area contributed by atoms with E-state index >= 15 is 0 Å². The van der Waals surface area contributed by atoms with Crippen molar-refractivity contribution in [3.63, 3.8) is 0 Å². The molecule has 42 heavy (non-hydrogen) atoms. The Hall–Kier alpha value is -3.81. The molecule has 2 aromatic carbocycles. The second-order valence-electron chi connectivity index (χ2n) is 11.5. The third-order valence-electron chi connectivity index (χ3n) is 8.49. The van der Waals surface area contributed by atoms with Crippen molar-refractivity contribution in [2.75, 3.05) is 59.6 Å². The van der Waals surface area contributed by atoms with E-state index in [0.717, 1.165) is 79.8 Å². The van der Waals surface area contributed by atoms with Gasteiger partial charge in [-0.1, -0.05) is 65.3 Å². The lowest BCUT2D eigenvalue weighted by atomic mass is 9.89. The van der Waals surface area contributed by atoms with Crippen LogP contribution in [-0.4, -0.2) is 81.2 Å². The van der Waals surface area contributed by atoms with E-state index in [9.17, 15) is 0 Å². The van der Waals surface area contributed by atoms with Crippen molar-refractivity contribution < 1.29 is 19.0 Å². The summed E-state index contributed by atoms with van der Waals surface area (Å²) in [4.78, 5) is 11.1. The van der Waals surface area contributed by atoms with E-state index in [2.05, 4.69) is 64.4 Å². The summed E-state index contributed by atoms with van der Waals surface area (Å²) in [7, 11) is 1.71. The van der Waals surface area contributed by atoms with Crippen LogP contribution in [0.5, 0.6) is 5.75 Å². The second-order valence-corrected chi connectivity index (χ2v) is 11.5. The van der Waals surface area contributed by atoms with Crippen LogP contribution in [0, 0.1) is 5.92 Å². The van der Waals surface area contributed by atoms with Gasteiger partial charge in [0, 0.05) is 50.4 Å². The molecule has 0 aromatic heterocycles. The van der Waals surface area contributed by atoms with Crippen molar-refractivity contribution in [2.45, 2.75) is 25.9 Å². The van der Waals surface area contributed by atoms with Crippen LogP contribution in [0.4, 0.5) is 0 Å². The molecule has 2 fully saturated rings. The fraction of sp³-hybridized carbons (Fsp3) is 0.400. The molecule has 0 bridgehead atoms. The molecule has 2 aromatic rings. The topological polar surface area (TPSA) is 55.8 Å². The number of hydrogen-bond acceptors (Lipinski definition) is 7. The Morgan fingerprint density at radius 2 is 1.74 bits per heavy atom. The molecule has 2 saturated heterocycles. The average molecular weight is 568 g/mol. The lowest BCUT2D eigenvalue weighted by Crippen LogP contribution is -2.50. The van der Waals surface area contributed by atoms with Gasteiger partial charge in [-0.25, -0.2) is 0 Å². The molecule has 7 heteroatoms. The van der Waals surface area contributed by atoms with Crippen molar-refractivity contribution in [1.82, 2.24) is 9.80 Å². The molecule has 3 aliphatic heterocycles. The maximum Gasteiger partial charge on any atom is 0.151 e. The number of hydrogen-bond donors (Lipinski definition) is 0. The van der Waals surface area contributed by atoms with Crippen molar-refractivity contribution >= 4 is 5.71 Å². The summed E-state index contributed by atoms with van der Waals surface area (Å²) in [6.07, 6.45) is 8.20. The first kappa shape index (κ1) is 28.3. The maximum atomic E-state index is 6.29. The van der Waals surface area contributed by atoms with E-state index in [1.807, 2.05) is 36.4 Å². The Balaban J connectivity index is 1.02. The zero-order valence-corrected chi connectivity index (χ0v) is 24.7. The lowest BCUT2D eigenvalue weighted by Gasteiger charge is -2.36. The zero-order chi connectivity index (χ0) is 28.7. The largest absolute Gasteiger partial charge is 0.497 e. The standard InChI is InChI=1S/C35H41N3O4/c1-26(13-14-27-9-5-3-6-10-27)22-37-17-19-38(20-18-37)23-34-31-25-41-32-16-15-28(24-40-29-11-7-4-8-12-29)33(39-2)21-30(32)35(31)36-42-34/h3-13,16,21,31,34H,14-15,17-20,22-25H2,1-2H3. The van der Waals surface area contributed by atoms with E-state index in [0.29, 0.717) is 19.6 Å². The molecule has 6 rings (SSSR count). The summed E-state index contributed by atoms with van der Waals surface area (Å²) in [5.74, 6) is 2.59. The summed E-state index contributed by atoms with van der Waals surface area (Å²) in [5.41, 5.74) is 5.79. The molecule has 4 aliphatic rings. The van der Waals surface area contributed by atoms with Crippen LogP contribution in [0.2, 0.25) is 0 Å². The van der Waals surface area contributed by atoms with Gasteiger partial charge >= 0.3 is 0 Å². The Morgan fingerprint density at radius 3 is 2.50 bits per heavy atom. The quantitative estimate of drug-likeness (QED) is 0.359. The van der Waals surface area contributed by atoms with E-state index in [-0.39, 0.29) is 12.0 Å². The second kappa shape index (κ2) is 13.4. The minimum absolute atomic E-state index is 0.0133. The number of methoxy groups -OCH3 is 1. The molecule has 0 amide bonds. The van der Waals surface area contributed by atoms with E-state index in [4.69, 9.17) is 19.0 Å². The molecular formula is C35H41N3O4. The number of oxime groups is 1. The summed E-state index contributed by atoms with van der Waals surface area (Å²) in [6, 6.07) is 20.5. The number of nitrogens with zero attached hydrogens (tertiary/aromatic N) is 3. The SMILES string of the molecule is COC1=C(COc2ccccc2)CC=C2OCC3C(=NOC3CN3CCN(CC(C)=CCc4ccccc4)CC3)C2=C1. The molecule has 2 atom stereocenters. The number of fused-ring (bicyclic) bond motifs is 3. The Labute approximate surface area is 249 Å². The van der Waals surface area contributed by atoms with Crippen LogP contribution in [0.3, 0.4) is 0 Å². The van der Waals surface area contributed by atoms with Crippen molar-refractivity contribution in [2.24, 2.45) is 11.1 Å². The Bertz CT molecular complexity index is 1370. The third kappa shape index (κ3) is 6.80. The normalized spacial score (nSPS) is 23.0. The van der Waals surface area contributed by atoms with Crippen LogP contribution in [0.15, 0.2) is 112 Å². The highest BCUT2D eigenvalue weighted by atomic mass is 16.6. The highest BCUT2D eigenvalue weighted by molar-refractivity contribution is 6.07. The van der Waals surface area contributed by atoms with Gasteiger partial charge in [-0.05, 0) is 49.6 Å². The first-order valence-electron chi connectivity index (χ1n) is 15.0. The molecule has 3 heterocycles. The van der Waals surface area contributed by atoms with Gasteiger partial charge in [0.2, 0.25) is 0 Å². The highest BCUT2D eigenvalue weighted by Gasteiger charge is 2.42. The number of benzene rings is 2. The monoisotopic (exact) mass is 567 g/mol. The van der Waals surface area contributed by atoms with E-state index in [1.165, 1.54) is 11.1 Å². The van der Waals surface area contributed by atoms with Crippen molar-refractivity contribution in [1.29, 1.82) is 0 Å². The summed E-state index contributed by atoms with van der Waals surface area (Å²) in [6.45, 7) is 9.35. The number of ether oxygens (including phenoxy) is 3. The first-order valence-corrected chi connectivity index (χ1v) is 15.0. The van der Waals surface area contributed by atoms with Crippen LogP contribution in [0.1, 0.15) is 18.9 Å². The van der Waals surface area contributed by atoms with E-state index in [1.54, 1.807) is 7.11 Å². The van der Waals surface area contributed by atoms with Gasteiger partial charge in [0.05, 0.1) is 13.0 Å². The molecule has 0 N–H and O–H groups in total. The van der Waals surface area contributed by atoms with Gasteiger partial charge in [0.25, 0.3) is 0 Å². The number of para-hydroxylation sites is 1. The fourth-order valence-corrected chi connectivity index (χ4v) is 6.01. The number of piperazine rings is 1. The minimum Gasteiger partial charge on any atom is -0.497 e. The van der Waals surface area contributed by atoms with Gasteiger partial charge in [-0.2, -0.15) is 0 Å². The molecule has 7 nitrogen and oxygen atoms in total. The van der Waals surface area contributed by atoms with Crippen LogP contribution < -0.4 is 4.74 Å². The van der Waals surface area contributed by atoms with Gasteiger partial charge in [0.15, 0.2) is 6.10 Å². The number of allylic oxidation sites excluding steroid dienone is 4. The maximum absolute atomic E-state index is 6.29. The van der Waals surface area contributed by atoms with Crippen molar-refractivity contribution in [3.05, 3.63) is 113 Å². The van der Waals surface area contributed by atoms with Crippen LogP contribution >= 0.6 is 0 Å². The van der Waals surface area contributed by atoms with Gasteiger partial charge in [-0.3, -0.25) is 9.80 Å². The predicted octanol–water partition coefficient (Wildman–Crippen LogP) is 5.39. The smallest absolute Gasteiger partial charge is 0.151 e. The molecular weight excluding hydrogens is 526 g/mol. The van der Waals surface area contributed by atoms with Gasteiger partial charge in [-0.15, -0.1) is 0 Å². The van der Waals surface area contributed by atoms with Crippen LogP contribution in [0.25, 0.3) is 0 Å². The fourth-order valence-electron chi connectivity index (χ4n) is 6.01. The average Bonchev–Trinajstić information content (AvgIpc) is 3.34. The summed E-state index contributed by atoms with van der Waals surface area (Å²) < 4.78 is 18.1.